The summed E-state index contributed by atoms with van der Waals surface area (Å²) in [4.78, 5) is 58.1. The second-order valence-corrected chi connectivity index (χ2v) is 12.3. The molecule has 0 spiro atoms. The molecule has 0 saturated carbocycles. The summed E-state index contributed by atoms with van der Waals surface area (Å²) in [6.07, 6.45) is 1.37. The highest BCUT2D eigenvalue weighted by Crippen LogP contribution is 2.29. The minimum absolute atomic E-state index is 0.0147. The van der Waals surface area contributed by atoms with Crippen molar-refractivity contribution in [3.8, 4) is 0 Å². The number of amides is 3. The average molecular weight is 659 g/mol. The minimum atomic E-state index is -1.18. The first kappa shape index (κ1) is 33.2. The van der Waals surface area contributed by atoms with Crippen molar-refractivity contribution in [1.29, 1.82) is 0 Å². The minimum Gasteiger partial charge on any atom is -0.445 e. The Morgan fingerprint density at radius 3 is 2.00 bits per heavy atom. The van der Waals surface area contributed by atoms with E-state index in [2.05, 4.69) is 20.9 Å². The van der Waals surface area contributed by atoms with Crippen LogP contribution in [-0.2, 0) is 43.3 Å². The van der Waals surface area contributed by atoms with E-state index in [0.29, 0.717) is 5.56 Å². The van der Waals surface area contributed by atoms with Crippen molar-refractivity contribution in [1.82, 2.24) is 20.9 Å². The lowest BCUT2D eigenvalue weighted by Crippen LogP contribution is -2.56. The topological polar surface area (TPSA) is 142 Å². The molecule has 1 aliphatic rings. The molecule has 4 atom stereocenters. The molecule has 10 nitrogen and oxygen atoms in total. The molecule has 250 valence electrons. The van der Waals surface area contributed by atoms with Crippen molar-refractivity contribution in [2.45, 2.75) is 50.1 Å². The number of fused-ring (bicyclic) bond motifs is 1. The van der Waals surface area contributed by atoms with Crippen LogP contribution in [0, 0.1) is 0 Å². The highest BCUT2D eigenvalue weighted by atomic mass is 16.6. The van der Waals surface area contributed by atoms with E-state index in [1.54, 1.807) is 43.5 Å². The van der Waals surface area contributed by atoms with Crippen molar-refractivity contribution in [2.75, 3.05) is 6.61 Å². The first-order valence-electron chi connectivity index (χ1n) is 16.2. The number of H-pyrrole nitrogens is 1. The lowest BCUT2D eigenvalue weighted by Gasteiger charge is -2.26. The number of epoxide rings is 1. The third-order valence-corrected chi connectivity index (χ3v) is 8.62. The van der Waals surface area contributed by atoms with Gasteiger partial charge in [0.2, 0.25) is 11.8 Å². The first-order chi connectivity index (χ1) is 23.8. The number of para-hydroxylation sites is 1. The van der Waals surface area contributed by atoms with Gasteiger partial charge >= 0.3 is 6.09 Å². The van der Waals surface area contributed by atoms with Gasteiger partial charge in [0.25, 0.3) is 0 Å². The number of ether oxygens (including phenoxy) is 2. The van der Waals surface area contributed by atoms with Crippen molar-refractivity contribution >= 4 is 34.6 Å². The van der Waals surface area contributed by atoms with Crippen LogP contribution in [0.2, 0.25) is 0 Å². The molecule has 0 aliphatic carbocycles. The van der Waals surface area contributed by atoms with Gasteiger partial charge in [0, 0.05) is 23.5 Å². The number of alkyl carbamates (subject to hydrolysis) is 1. The van der Waals surface area contributed by atoms with Crippen LogP contribution >= 0.6 is 0 Å². The highest BCUT2D eigenvalue weighted by Gasteiger charge is 2.50. The number of aromatic amines is 1. The van der Waals surface area contributed by atoms with Gasteiger partial charge < -0.3 is 30.4 Å². The largest absolute Gasteiger partial charge is 0.445 e. The zero-order valence-electron chi connectivity index (χ0n) is 27.1. The summed E-state index contributed by atoms with van der Waals surface area (Å²) in [6, 6.07) is 31.8. The number of rotatable bonds is 14. The molecule has 0 bridgehead atoms. The summed E-state index contributed by atoms with van der Waals surface area (Å²) in [5.41, 5.74) is 2.85. The van der Waals surface area contributed by atoms with Gasteiger partial charge in [-0.3, -0.25) is 14.4 Å². The molecule has 2 unspecified atom stereocenters. The molecule has 0 radical (unpaired) electrons. The van der Waals surface area contributed by atoms with Crippen LogP contribution in [-0.4, -0.2) is 53.0 Å². The fourth-order valence-electron chi connectivity index (χ4n) is 5.76. The molecule has 1 saturated heterocycles. The summed E-state index contributed by atoms with van der Waals surface area (Å²) >= 11 is 0. The quantitative estimate of drug-likeness (QED) is 0.125. The molecule has 1 aromatic heterocycles. The Bertz CT molecular complexity index is 1910. The molecule has 1 aliphatic heterocycles. The fourth-order valence-corrected chi connectivity index (χ4v) is 5.76. The second-order valence-electron chi connectivity index (χ2n) is 12.3. The Morgan fingerprint density at radius 2 is 1.33 bits per heavy atom. The lowest BCUT2D eigenvalue weighted by atomic mass is 9.94. The van der Waals surface area contributed by atoms with Crippen LogP contribution in [0.4, 0.5) is 4.79 Å². The number of Topliss-reactive ketones (excluding diaryl/α,β-unsaturated/α-hetero) is 1. The summed E-state index contributed by atoms with van der Waals surface area (Å²) in [6.45, 7) is 1.99. The van der Waals surface area contributed by atoms with Crippen LogP contribution in [0.1, 0.15) is 35.2 Å². The average Bonchev–Trinajstić information content (AvgIpc) is 3.76. The third-order valence-electron chi connectivity index (χ3n) is 8.62. The monoisotopic (exact) mass is 658 g/mol. The SMILES string of the molecule is CC1(C(=O)C(Cc2ccccc2)NC(=O)[C@H](Cc2c[nH]c3ccccc23)NC(=O)[C@@H](NC(=O)OCc2ccccc2)c2ccccc2)CO1. The van der Waals surface area contributed by atoms with E-state index in [1.165, 1.54) is 0 Å². The van der Waals surface area contributed by atoms with Gasteiger partial charge in [0.15, 0.2) is 5.78 Å². The normalized spacial score (nSPS) is 16.9. The van der Waals surface area contributed by atoms with Crippen LogP contribution < -0.4 is 16.0 Å². The number of hydrogen-bond donors (Lipinski definition) is 4. The molecular formula is C39H38N4O6. The Kier molecular flexibility index (Phi) is 10.2. The van der Waals surface area contributed by atoms with Crippen LogP contribution in [0.15, 0.2) is 121 Å². The van der Waals surface area contributed by atoms with E-state index in [1.807, 2.05) is 84.9 Å². The summed E-state index contributed by atoms with van der Waals surface area (Å²) in [7, 11) is 0. The molecular weight excluding hydrogens is 620 g/mol. The molecule has 10 heteroatoms. The summed E-state index contributed by atoms with van der Waals surface area (Å²) in [5.74, 6) is -1.41. The second kappa shape index (κ2) is 15.0. The van der Waals surface area contributed by atoms with Crippen LogP contribution in [0.3, 0.4) is 0 Å². The zero-order valence-corrected chi connectivity index (χ0v) is 27.1. The van der Waals surface area contributed by atoms with Gasteiger partial charge in [-0.1, -0.05) is 109 Å². The Labute approximate surface area is 284 Å². The van der Waals surface area contributed by atoms with Gasteiger partial charge in [-0.15, -0.1) is 0 Å². The number of ketones is 1. The van der Waals surface area contributed by atoms with E-state index in [9.17, 15) is 19.2 Å². The fraction of sp³-hybridized carbons (Fsp3) is 0.231. The molecule has 5 aromatic rings. The molecule has 4 N–H and O–H groups in total. The van der Waals surface area contributed by atoms with Gasteiger partial charge in [-0.05, 0) is 41.7 Å². The summed E-state index contributed by atoms with van der Waals surface area (Å²) < 4.78 is 10.9. The van der Waals surface area contributed by atoms with E-state index in [0.717, 1.165) is 27.6 Å². The van der Waals surface area contributed by atoms with Crippen molar-refractivity contribution < 1.29 is 28.7 Å². The molecule has 4 aromatic carbocycles. The maximum atomic E-state index is 14.2. The number of carbonyl (C=O) groups is 4. The van der Waals surface area contributed by atoms with E-state index >= 15 is 0 Å². The Morgan fingerprint density at radius 1 is 0.735 bits per heavy atom. The number of hydrogen-bond acceptors (Lipinski definition) is 6. The number of nitrogens with one attached hydrogen (secondary N) is 4. The smallest absolute Gasteiger partial charge is 0.408 e. The lowest BCUT2D eigenvalue weighted by molar-refractivity contribution is -0.133. The number of benzene rings is 4. The van der Waals surface area contributed by atoms with E-state index in [-0.39, 0.29) is 31.8 Å². The first-order valence-corrected chi connectivity index (χ1v) is 16.2. The predicted molar refractivity (Wildman–Crippen MR) is 184 cm³/mol. The van der Waals surface area contributed by atoms with Gasteiger partial charge in [-0.2, -0.15) is 0 Å². The van der Waals surface area contributed by atoms with Gasteiger partial charge in [0.1, 0.15) is 24.3 Å². The standard InChI is InChI=1S/C39H38N4O6/c1-39(25-49-39)35(44)32(21-26-13-5-2-6-14-26)41-36(45)33(22-29-23-40-31-20-12-11-19-30(29)31)42-37(46)34(28-17-9-4-10-18-28)43-38(47)48-24-27-15-7-3-8-16-27/h2-20,23,32-34,40H,21-22,24-25H2,1H3,(H,41,45)(H,42,46)(H,43,47)/t32?,33-,34-,39?/m0/s1. The molecule has 6 rings (SSSR count). The molecule has 49 heavy (non-hydrogen) atoms. The number of carbonyl (C=O) groups excluding carboxylic acids is 4. The number of aromatic nitrogens is 1. The van der Waals surface area contributed by atoms with Crippen LogP contribution in [0.25, 0.3) is 10.9 Å². The molecule has 1 fully saturated rings. The van der Waals surface area contributed by atoms with Gasteiger partial charge in [-0.25, -0.2) is 4.79 Å². The Hall–Kier alpha value is -5.74. The Balaban J connectivity index is 1.26. The van der Waals surface area contributed by atoms with Crippen molar-refractivity contribution in [2.24, 2.45) is 0 Å². The zero-order chi connectivity index (χ0) is 34.2. The molecule has 2 heterocycles. The van der Waals surface area contributed by atoms with Crippen molar-refractivity contribution in [3.63, 3.8) is 0 Å². The maximum absolute atomic E-state index is 14.2. The van der Waals surface area contributed by atoms with E-state index < -0.39 is 41.6 Å². The van der Waals surface area contributed by atoms with E-state index in [4.69, 9.17) is 9.47 Å². The van der Waals surface area contributed by atoms with Gasteiger partial charge in [0.05, 0.1) is 12.6 Å². The maximum Gasteiger partial charge on any atom is 0.408 e. The van der Waals surface area contributed by atoms with Crippen molar-refractivity contribution in [3.05, 3.63) is 144 Å². The summed E-state index contributed by atoms with van der Waals surface area (Å²) in [5, 5.41) is 9.38. The predicted octanol–water partition coefficient (Wildman–Crippen LogP) is 4.95. The third kappa shape index (κ3) is 8.41. The van der Waals surface area contributed by atoms with Crippen LogP contribution in [0.5, 0.6) is 0 Å². The molecule has 3 amide bonds. The highest BCUT2D eigenvalue weighted by molar-refractivity contribution is 5.99.